The summed E-state index contributed by atoms with van der Waals surface area (Å²) in [7, 11) is 1.31. The third-order valence-electron chi connectivity index (χ3n) is 5.75. The van der Waals surface area contributed by atoms with Gasteiger partial charge < -0.3 is 14.2 Å². The van der Waals surface area contributed by atoms with E-state index in [0.29, 0.717) is 46.8 Å². The molecule has 1 aromatic heterocycles. The molecule has 3 aromatic carbocycles. The van der Waals surface area contributed by atoms with Gasteiger partial charge >= 0.3 is 5.97 Å². The number of carbonyl (C=O) groups is 1. The maximum absolute atomic E-state index is 13.5. The van der Waals surface area contributed by atoms with Gasteiger partial charge in [-0.15, -0.1) is 6.58 Å². The maximum Gasteiger partial charge on any atom is 0.346 e. The minimum Gasteiger partial charge on any atom is -0.490 e. The summed E-state index contributed by atoms with van der Waals surface area (Å²) >= 11 is 0. The van der Waals surface area contributed by atoms with Crippen LogP contribution in [0.3, 0.4) is 0 Å². The highest BCUT2D eigenvalue weighted by Gasteiger charge is 2.21. The largest absolute Gasteiger partial charge is 0.490 e. The standard InChI is InChI=1S/C30H29N3O5/c1-5-12-23-17-21(18-26(37-6-2)27(23)38-20(3)30(35)36-4)19-31-33-28(22-13-8-7-9-14-22)32-25-16-11-10-15-24(25)29(33)34/h5,7-11,13-20H,1,6,12H2,2-4H3/t20-/m0/s1. The van der Waals surface area contributed by atoms with Crippen LogP contribution in [0.4, 0.5) is 0 Å². The van der Waals surface area contributed by atoms with Crippen molar-refractivity contribution in [1.82, 2.24) is 9.66 Å². The predicted molar refractivity (Wildman–Crippen MR) is 148 cm³/mol. The van der Waals surface area contributed by atoms with Gasteiger partial charge in [-0.3, -0.25) is 4.79 Å². The summed E-state index contributed by atoms with van der Waals surface area (Å²) in [6, 6.07) is 20.2. The Morgan fingerprint density at radius 2 is 1.87 bits per heavy atom. The molecular weight excluding hydrogens is 482 g/mol. The number of ether oxygens (including phenoxy) is 3. The lowest BCUT2D eigenvalue weighted by Crippen LogP contribution is -2.25. The van der Waals surface area contributed by atoms with E-state index in [9.17, 15) is 9.59 Å². The molecule has 194 valence electrons. The number of benzene rings is 3. The summed E-state index contributed by atoms with van der Waals surface area (Å²) < 4.78 is 17.9. The first-order valence-electron chi connectivity index (χ1n) is 12.2. The van der Waals surface area contributed by atoms with Crippen molar-refractivity contribution in [2.24, 2.45) is 5.10 Å². The van der Waals surface area contributed by atoms with Crippen LogP contribution in [0.25, 0.3) is 22.3 Å². The van der Waals surface area contributed by atoms with E-state index in [4.69, 9.17) is 19.2 Å². The molecule has 0 aliphatic carbocycles. The van der Waals surface area contributed by atoms with Gasteiger partial charge in [-0.05, 0) is 50.1 Å². The second-order valence-corrected chi connectivity index (χ2v) is 8.40. The normalized spacial score (nSPS) is 11.9. The number of para-hydroxylation sites is 1. The van der Waals surface area contributed by atoms with E-state index in [1.807, 2.05) is 49.4 Å². The predicted octanol–water partition coefficient (Wildman–Crippen LogP) is 5.01. The number of allylic oxidation sites excluding steroid dienone is 1. The molecular formula is C30H29N3O5. The van der Waals surface area contributed by atoms with Crippen LogP contribution in [0.5, 0.6) is 11.5 Å². The highest BCUT2D eigenvalue weighted by Crippen LogP contribution is 2.34. The van der Waals surface area contributed by atoms with Crippen molar-refractivity contribution in [3.05, 3.63) is 101 Å². The number of nitrogens with zero attached hydrogens (tertiary/aromatic N) is 3. The third-order valence-corrected chi connectivity index (χ3v) is 5.75. The highest BCUT2D eigenvalue weighted by atomic mass is 16.6. The Labute approximate surface area is 220 Å². The van der Waals surface area contributed by atoms with E-state index in [0.717, 1.165) is 11.1 Å². The summed E-state index contributed by atoms with van der Waals surface area (Å²) in [5.74, 6) is 0.792. The fraction of sp³-hybridized carbons (Fsp3) is 0.200. The van der Waals surface area contributed by atoms with Crippen molar-refractivity contribution >= 4 is 23.1 Å². The van der Waals surface area contributed by atoms with Crippen molar-refractivity contribution < 1.29 is 19.0 Å². The molecule has 0 N–H and O–H groups in total. The van der Waals surface area contributed by atoms with Crippen LogP contribution in [0.1, 0.15) is 25.0 Å². The Morgan fingerprint density at radius 1 is 1.13 bits per heavy atom. The fourth-order valence-electron chi connectivity index (χ4n) is 3.98. The Balaban J connectivity index is 1.84. The fourth-order valence-corrected chi connectivity index (χ4v) is 3.98. The molecule has 0 fully saturated rings. The monoisotopic (exact) mass is 511 g/mol. The second-order valence-electron chi connectivity index (χ2n) is 8.40. The van der Waals surface area contributed by atoms with Crippen molar-refractivity contribution in [3.63, 3.8) is 0 Å². The number of hydrogen-bond acceptors (Lipinski definition) is 7. The maximum atomic E-state index is 13.5. The van der Waals surface area contributed by atoms with E-state index in [1.54, 1.807) is 43.5 Å². The number of esters is 1. The zero-order valence-electron chi connectivity index (χ0n) is 21.6. The van der Waals surface area contributed by atoms with Crippen LogP contribution in [-0.4, -0.2) is 41.7 Å². The number of aromatic nitrogens is 2. The minimum atomic E-state index is -0.835. The molecule has 8 nitrogen and oxygen atoms in total. The summed E-state index contributed by atoms with van der Waals surface area (Å²) in [4.78, 5) is 30.2. The van der Waals surface area contributed by atoms with Crippen LogP contribution in [0, 0.1) is 0 Å². The lowest BCUT2D eigenvalue weighted by Gasteiger charge is -2.19. The third kappa shape index (κ3) is 5.64. The zero-order valence-corrected chi connectivity index (χ0v) is 21.6. The molecule has 0 saturated heterocycles. The van der Waals surface area contributed by atoms with Crippen LogP contribution >= 0.6 is 0 Å². The molecule has 1 atom stereocenters. The number of methoxy groups -OCH3 is 1. The molecule has 8 heteroatoms. The van der Waals surface area contributed by atoms with E-state index >= 15 is 0 Å². The number of carbonyl (C=O) groups excluding carboxylic acids is 1. The Kier molecular flexibility index (Phi) is 8.33. The minimum absolute atomic E-state index is 0.283. The number of rotatable bonds is 10. The molecule has 1 heterocycles. The van der Waals surface area contributed by atoms with E-state index in [2.05, 4.69) is 11.7 Å². The van der Waals surface area contributed by atoms with Gasteiger partial charge in [0.05, 0.1) is 30.8 Å². The van der Waals surface area contributed by atoms with E-state index in [-0.39, 0.29) is 5.56 Å². The molecule has 0 aliphatic rings. The first-order chi connectivity index (χ1) is 18.5. The molecule has 38 heavy (non-hydrogen) atoms. The molecule has 0 bridgehead atoms. The second kappa shape index (κ2) is 12.0. The zero-order chi connectivity index (χ0) is 27.1. The van der Waals surface area contributed by atoms with Gasteiger partial charge in [0.1, 0.15) is 0 Å². The molecule has 0 radical (unpaired) electrons. The molecule has 0 unspecified atom stereocenters. The molecule has 4 aromatic rings. The average Bonchev–Trinajstić information content (AvgIpc) is 2.94. The van der Waals surface area contributed by atoms with Crippen molar-refractivity contribution in [1.29, 1.82) is 0 Å². The Hall–Kier alpha value is -4.72. The number of fused-ring (bicyclic) bond motifs is 1. The summed E-state index contributed by atoms with van der Waals surface area (Å²) in [6.45, 7) is 7.68. The van der Waals surface area contributed by atoms with Crippen molar-refractivity contribution in [2.45, 2.75) is 26.4 Å². The summed E-state index contributed by atoms with van der Waals surface area (Å²) in [6.07, 6.45) is 2.93. The van der Waals surface area contributed by atoms with E-state index in [1.165, 1.54) is 11.8 Å². The lowest BCUT2D eigenvalue weighted by molar-refractivity contribution is -0.147. The van der Waals surface area contributed by atoms with Crippen molar-refractivity contribution in [3.8, 4) is 22.9 Å². The number of hydrogen-bond donors (Lipinski definition) is 0. The van der Waals surface area contributed by atoms with E-state index < -0.39 is 12.1 Å². The molecule has 0 spiro atoms. The quantitative estimate of drug-likeness (QED) is 0.169. The topological polar surface area (TPSA) is 92.0 Å². The smallest absolute Gasteiger partial charge is 0.346 e. The highest BCUT2D eigenvalue weighted by molar-refractivity contribution is 5.83. The first-order valence-corrected chi connectivity index (χ1v) is 12.2. The SMILES string of the molecule is C=CCc1cc(C=Nn2c(-c3ccccc3)nc3ccccc3c2=O)cc(OCC)c1O[C@@H](C)C(=O)OC. The van der Waals surface area contributed by atoms with Crippen LogP contribution in [0.2, 0.25) is 0 Å². The molecule has 0 aliphatic heterocycles. The lowest BCUT2D eigenvalue weighted by atomic mass is 10.1. The van der Waals surface area contributed by atoms with Crippen LogP contribution < -0.4 is 15.0 Å². The van der Waals surface area contributed by atoms with Gasteiger partial charge in [-0.1, -0.05) is 48.5 Å². The van der Waals surface area contributed by atoms with Gasteiger partial charge in [0.2, 0.25) is 0 Å². The van der Waals surface area contributed by atoms with Crippen molar-refractivity contribution in [2.75, 3.05) is 13.7 Å². The molecule has 0 amide bonds. The Morgan fingerprint density at radius 3 is 2.58 bits per heavy atom. The van der Waals surface area contributed by atoms with Gasteiger partial charge in [0.15, 0.2) is 23.4 Å². The molecule has 0 saturated carbocycles. The van der Waals surface area contributed by atoms with Crippen LogP contribution in [0.15, 0.2) is 89.3 Å². The van der Waals surface area contributed by atoms with Gasteiger partial charge in [0.25, 0.3) is 5.56 Å². The first kappa shape index (κ1) is 26.3. The van der Waals surface area contributed by atoms with Gasteiger partial charge in [-0.2, -0.15) is 9.78 Å². The van der Waals surface area contributed by atoms with Gasteiger partial charge in [0, 0.05) is 11.1 Å². The summed E-state index contributed by atoms with van der Waals surface area (Å²) in [5.41, 5.74) is 2.48. The average molecular weight is 512 g/mol. The Bertz CT molecular complexity index is 1540. The summed E-state index contributed by atoms with van der Waals surface area (Å²) in [5, 5.41) is 5.02. The molecule has 4 rings (SSSR count). The van der Waals surface area contributed by atoms with Gasteiger partial charge in [-0.25, -0.2) is 9.78 Å². The van der Waals surface area contributed by atoms with Crippen LogP contribution in [-0.2, 0) is 16.0 Å².